The smallest absolute Gasteiger partial charge is 0.0708 e. The molecule has 2 aromatic carbocycles. The molecule has 0 aliphatic heterocycles. The molecular weight excluding hydrogens is 302 g/mol. The van der Waals surface area contributed by atoms with Crippen LogP contribution in [0.15, 0.2) is 48.7 Å². The van der Waals surface area contributed by atoms with Gasteiger partial charge in [0.05, 0.1) is 5.69 Å². The van der Waals surface area contributed by atoms with Crippen LogP contribution in [0.2, 0.25) is 0 Å². The van der Waals surface area contributed by atoms with Crippen LogP contribution in [0.4, 0.5) is 0 Å². The number of rotatable bonds is 3. The lowest BCUT2D eigenvalue weighted by atomic mass is 9.84. The van der Waals surface area contributed by atoms with Crippen LogP contribution < -0.4 is 0 Å². The molecule has 0 aliphatic carbocycles. The number of aryl methyl sites for hydroxylation is 1. The summed E-state index contributed by atoms with van der Waals surface area (Å²) in [4.78, 5) is 4.74. The summed E-state index contributed by atoms with van der Waals surface area (Å²) < 4.78 is 0. The Hall–Kier alpha value is -2.15. The van der Waals surface area contributed by atoms with Crippen LogP contribution in [0.1, 0.15) is 63.6 Å². The normalized spacial score (nSPS) is 13.2. The van der Waals surface area contributed by atoms with Gasteiger partial charge in [0.2, 0.25) is 0 Å². The number of benzene rings is 2. The van der Waals surface area contributed by atoms with Gasteiger partial charge in [-0.3, -0.25) is 4.98 Å². The van der Waals surface area contributed by atoms with Crippen molar-refractivity contribution in [1.29, 1.82) is 0 Å². The lowest BCUT2D eigenvalue weighted by Crippen LogP contribution is -2.11. The molecule has 0 saturated carbocycles. The van der Waals surface area contributed by atoms with E-state index in [1.54, 1.807) is 0 Å². The largest absolute Gasteiger partial charge is 0.256 e. The Labute approximate surface area is 152 Å². The summed E-state index contributed by atoms with van der Waals surface area (Å²) in [5.41, 5.74) is 6.47. The molecule has 0 N–H and O–H groups in total. The van der Waals surface area contributed by atoms with Crippen molar-refractivity contribution in [2.75, 3.05) is 0 Å². The maximum absolute atomic E-state index is 4.74. The van der Waals surface area contributed by atoms with E-state index >= 15 is 0 Å². The summed E-state index contributed by atoms with van der Waals surface area (Å²) in [6, 6.07) is 15.8. The Morgan fingerprint density at radius 1 is 0.960 bits per heavy atom. The number of aromatic nitrogens is 1. The minimum absolute atomic E-state index is 0.140. The van der Waals surface area contributed by atoms with Crippen molar-refractivity contribution in [2.24, 2.45) is 0 Å². The lowest BCUT2D eigenvalue weighted by molar-refractivity contribution is 0.590. The molecule has 0 fully saturated rings. The maximum atomic E-state index is 4.74. The summed E-state index contributed by atoms with van der Waals surface area (Å²) in [5, 5.41) is 2.49. The molecule has 1 atom stereocenters. The van der Waals surface area contributed by atoms with Crippen molar-refractivity contribution < 1.29 is 0 Å². The zero-order valence-corrected chi connectivity index (χ0v) is 16.4. The predicted octanol–water partition coefficient (Wildman–Crippen LogP) is 7.02. The number of nitrogens with zero attached hydrogens (tertiary/aromatic N) is 1. The Kier molecular flexibility index (Phi) is 4.69. The molecule has 0 aliphatic rings. The van der Waals surface area contributed by atoms with Crippen LogP contribution in [0.3, 0.4) is 0 Å². The Balaban J connectivity index is 2.11. The van der Waals surface area contributed by atoms with E-state index in [0.717, 1.165) is 12.1 Å². The minimum Gasteiger partial charge on any atom is -0.256 e. The van der Waals surface area contributed by atoms with Crippen LogP contribution in [0.25, 0.3) is 22.0 Å². The summed E-state index contributed by atoms with van der Waals surface area (Å²) in [5.74, 6) is 0.590. The summed E-state index contributed by atoms with van der Waals surface area (Å²) in [7, 11) is 0. The van der Waals surface area contributed by atoms with E-state index in [9.17, 15) is 0 Å². The topological polar surface area (TPSA) is 12.9 Å². The Morgan fingerprint density at radius 3 is 2.40 bits per heavy atom. The second-order valence-corrected chi connectivity index (χ2v) is 8.32. The molecular formula is C24H29N. The van der Waals surface area contributed by atoms with Crippen molar-refractivity contribution in [3.63, 3.8) is 0 Å². The number of pyridine rings is 1. The maximum Gasteiger partial charge on any atom is 0.0708 e. The van der Waals surface area contributed by atoms with Gasteiger partial charge in [-0.25, -0.2) is 0 Å². The number of fused-ring (bicyclic) bond motifs is 1. The van der Waals surface area contributed by atoms with Gasteiger partial charge in [-0.15, -0.1) is 0 Å². The molecule has 0 amide bonds. The first kappa shape index (κ1) is 17.7. The molecule has 1 aromatic heterocycles. The van der Waals surface area contributed by atoms with Gasteiger partial charge in [-0.1, -0.05) is 64.4 Å². The quantitative estimate of drug-likeness (QED) is 0.502. The van der Waals surface area contributed by atoms with Crippen LogP contribution in [0.5, 0.6) is 0 Å². The third-order valence-electron chi connectivity index (χ3n) is 5.17. The molecule has 0 radical (unpaired) electrons. The Bertz CT molecular complexity index is 900. The average molecular weight is 332 g/mol. The summed E-state index contributed by atoms with van der Waals surface area (Å²) in [6.45, 7) is 13.5. The van der Waals surface area contributed by atoms with E-state index in [1.807, 2.05) is 6.20 Å². The van der Waals surface area contributed by atoms with Crippen LogP contribution in [-0.2, 0) is 5.41 Å². The molecule has 1 heteroatoms. The van der Waals surface area contributed by atoms with Crippen molar-refractivity contribution >= 4 is 10.8 Å². The fourth-order valence-corrected chi connectivity index (χ4v) is 3.22. The van der Waals surface area contributed by atoms with E-state index in [2.05, 4.69) is 84.0 Å². The average Bonchev–Trinajstić information content (AvgIpc) is 2.58. The monoisotopic (exact) mass is 331 g/mol. The zero-order chi connectivity index (χ0) is 18.2. The van der Waals surface area contributed by atoms with Gasteiger partial charge in [-0.2, -0.15) is 0 Å². The minimum atomic E-state index is 0.140. The van der Waals surface area contributed by atoms with E-state index in [4.69, 9.17) is 4.98 Å². The fraction of sp³-hybridized carbons (Fsp3) is 0.375. The van der Waals surface area contributed by atoms with E-state index in [0.29, 0.717) is 5.92 Å². The van der Waals surface area contributed by atoms with E-state index < -0.39 is 0 Å². The second-order valence-electron chi connectivity index (χ2n) is 8.32. The summed E-state index contributed by atoms with van der Waals surface area (Å²) in [6.07, 6.45) is 3.17. The van der Waals surface area contributed by atoms with Crippen LogP contribution >= 0.6 is 0 Å². The van der Waals surface area contributed by atoms with E-state index in [1.165, 1.54) is 33.0 Å². The van der Waals surface area contributed by atoms with Crippen molar-refractivity contribution in [3.05, 3.63) is 65.4 Å². The highest BCUT2D eigenvalue weighted by atomic mass is 14.7. The predicted molar refractivity (Wildman–Crippen MR) is 109 cm³/mol. The molecule has 1 heterocycles. The molecule has 0 bridgehead atoms. The van der Waals surface area contributed by atoms with Crippen LogP contribution in [-0.4, -0.2) is 4.98 Å². The number of hydrogen-bond donors (Lipinski definition) is 0. The van der Waals surface area contributed by atoms with Gasteiger partial charge in [-0.05, 0) is 59.4 Å². The molecule has 130 valence electrons. The standard InChI is InChI=1S/C24H29N/c1-7-17(3)18-8-9-19-15-25-23(14-20(19)12-18)21-10-16(2)11-22(13-21)24(4,5)6/h8-15,17H,7H2,1-6H3. The first-order valence-electron chi connectivity index (χ1n) is 9.30. The van der Waals surface area contributed by atoms with Gasteiger partial charge in [0.25, 0.3) is 0 Å². The number of hydrogen-bond acceptors (Lipinski definition) is 1. The van der Waals surface area contributed by atoms with Crippen molar-refractivity contribution in [2.45, 2.75) is 59.3 Å². The lowest BCUT2D eigenvalue weighted by Gasteiger charge is -2.21. The van der Waals surface area contributed by atoms with Crippen molar-refractivity contribution in [1.82, 2.24) is 4.98 Å². The van der Waals surface area contributed by atoms with Gasteiger partial charge < -0.3 is 0 Å². The fourth-order valence-electron chi connectivity index (χ4n) is 3.22. The Morgan fingerprint density at radius 2 is 1.72 bits per heavy atom. The molecule has 1 unspecified atom stereocenters. The third kappa shape index (κ3) is 3.76. The highest BCUT2D eigenvalue weighted by molar-refractivity contribution is 5.86. The van der Waals surface area contributed by atoms with Crippen molar-refractivity contribution in [3.8, 4) is 11.3 Å². The molecule has 3 rings (SSSR count). The SMILES string of the molecule is CCC(C)c1ccc2cnc(-c3cc(C)cc(C(C)(C)C)c3)cc2c1. The molecule has 1 nitrogen and oxygen atoms in total. The molecule has 25 heavy (non-hydrogen) atoms. The highest BCUT2D eigenvalue weighted by Gasteiger charge is 2.15. The third-order valence-corrected chi connectivity index (χ3v) is 5.17. The zero-order valence-electron chi connectivity index (χ0n) is 16.4. The van der Waals surface area contributed by atoms with Crippen LogP contribution in [0, 0.1) is 6.92 Å². The molecule has 0 saturated heterocycles. The van der Waals surface area contributed by atoms with Gasteiger partial charge in [0, 0.05) is 17.1 Å². The second kappa shape index (κ2) is 6.63. The molecule has 3 aromatic rings. The van der Waals surface area contributed by atoms with Gasteiger partial charge in [0.15, 0.2) is 0 Å². The van der Waals surface area contributed by atoms with Gasteiger partial charge >= 0.3 is 0 Å². The first-order valence-corrected chi connectivity index (χ1v) is 9.30. The summed E-state index contributed by atoms with van der Waals surface area (Å²) >= 11 is 0. The van der Waals surface area contributed by atoms with Gasteiger partial charge in [0.1, 0.15) is 0 Å². The first-order chi connectivity index (χ1) is 11.8. The highest BCUT2D eigenvalue weighted by Crippen LogP contribution is 2.30. The van der Waals surface area contributed by atoms with E-state index in [-0.39, 0.29) is 5.41 Å². The molecule has 0 spiro atoms.